The minimum atomic E-state index is -0.883. The van der Waals surface area contributed by atoms with Crippen molar-refractivity contribution in [2.75, 3.05) is 39.8 Å². The molecule has 19 heavy (non-hydrogen) atoms. The molecule has 1 rings (SSSR count). The Morgan fingerprint density at radius 1 is 1.21 bits per heavy atom. The molecule has 0 aromatic carbocycles. The third-order valence-electron chi connectivity index (χ3n) is 3.32. The highest BCUT2D eigenvalue weighted by Crippen LogP contribution is 2.17. The van der Waals surface area contributed by atoms with Crippen LogP contribution in [0.25, 0.3) is 0 Å². The fourth-order valence-corrected chi connectivity index (χ4v) is 1.98. The molecule has 1 fully saturated rings. The van der Waals surface area contributed by atoms with Gasteiger partial charge >= 0.3 is 12.0 Å². The number of carbonyl (C=O) groups excluding carboxylic acids is 2. The third-order valence-corrected chi connectivity index (χ3v) is 3.32. The van der Waals surface area contributed by atoms with Crippen molar-refractivity contribution in [3.8, 4) is 0 Å². The van der Waals surface area contributed by atoms with Gasteiger partial charge in [-0.2, -0.15) is 0 Å². The quantitative estimate of drug-likeness (QED) is 0.758. The molecule has 1 N–H and O–H groups in total. The van der Waals surface area contributed by atoms with Gasteiger partial charge in [-0.25, -0.2) is 4.79 Å². The van der Waals surface area contributed by atoms with Crippen molar-refractivity contribution in [1.82, 2.24) is 14.7 Å². The van der Waals surface area contributed by atoms with Crippen LogP contribution < -0.4 is 0 Å². The minimum absolute atomic E-state index is 0.0226. The second-order valence-corrected chi connectivity index (χ2v) is 4.64. The zero-order valence-electron chi connectivity index (χ0n) is 11.6. The third kappa shape index (κ3) is 3.59. The molecule has 1 aliphatic heterocycles. The first-order chi connectivity index (χ1) is 8.90. The predicted octanol–water partition coefficient (Wildman–Crippen LogP) is -0.0770. The number of urea groups is 1. The summed E-state index contributed by atoms with van der Waals surface area (Å²) in [6.45, 7) is 5.46. The van der Waals surface area contributed by atoms with Gasteiger partial charge in [-0.15, -0.1) is 0 Å². The average molecular weight is 271 g/mol. The highest BCUT2D eigenvalue weighted by atomic mass is 16.4. The molecule has 0 aromatic heterocycles. The Morgan fingerprint density at radius 3 is 2.16 bits per heavy atom. The Hall–Kier alpha value is -1.79. The normalized spacial score (nSPS) is 14.8. The van der Waals surface area contributed by atoms with E-state index in [4.69, 9.17) is 5.11 Å². The van der Waals surface area contributed by atoms with E-state index in [-0.39, 0.29) is 31.6 Å². The minimum Gasteiger partial charge on any atom is -0.481 e. The second-order valence-electron chi connectivity index (χ2n) is 4.64. The Balaban J connectivity index is 2.42. The summed E-state index contributed by atoms with van der Waals surface area (Å²) in [5, 5.41) is 8.74. The van der Waals surface area contributed by atoms with Gasteiger partial charge in [-0.1, -0.05) is 0 Å². The molecule has 1 saturated heterocycles. The Bertz CT molecular complexity index is 362. The van der Waals surface area contributed by atoms with Gasteiger partial charge in [-0.3, -0.25) is 9.59 Å². The number of carboxylic acid groups (broad SMARTS) is 1. The maximum absolute atomic E-state index is 11.9. The van der Waals surface area contributed by atoms with Crippen molar-refractivity contribution in [2.24, 2.45) is 5.92 Å². The van der Waals surface area contributed by atoms with E-state index >= 15 is 0 Å². The standard InChI is InChI=1S/C12H21N3O4/c1-4-14(5-2)10(16)8-13(3)12(19)15-6-9(7-15)11(17)18/h9H,4-8H2,1-3H3,(H,17,18). The summed E-state index contributed by atoms with van der Waals surface area (Å²) in [5.41, 5.74) is 0. The number of amides is 3. The van der Waals surface area contributed by atoms with E-state index in [2.05, 4.69) is 0 Å². The molecule has 0 radical (unpaired) electrons. The van der Waals surface area contributed by atoms with Crippen LogP contribution in [-0.4, -0.2) is 77.5 Å². The number of carbonyl (C=O) groups is 3. The molecule has 3 amide bonds. The predicted molar refractivity (Wildman–Crippen MR) is 68.7 cm³/mol. The molecular weight excluding hydrogens is 250 g/mol. The zero-order chi connectivity index (χ0) is 14.6. The van der Waals surface area contributed by atoms with Crippen molar-refractivity contribution in [2.45, 2.75) is 13.8 Å². The molecular formula is C12H21N3O4. The molecule has 0 aliphatic carbocycles. The monoisotopic (exact) mass is 271 g/mol. The lowest BCUT2D eigenvalue weighted by molar-refractivity contribution is -0.146. The summed E-state index contributed by atoms with van der Waals surface area (Å²) >= 11 is 0. The van der Waals surface area contributed by atoms with Gasteiger partial charge in [0, 0.05) is 33.2 Å². The molecule has 0 spiro atoms. The summed E-state index contributed by atoms with van der Waals surface area (Å²) in [4.78, 5) is 38.8. The number of likely N-dealkylation sites (N-methyl/N-ethyl adjacent to an activating group) is 2. The van der Waals surface area contributed by atoms with Crippen LogP contribution in [0.2, 0.25) is 0 Å². The average Bonchev–Trinajstić information content (AvgIpc) is 2.27. The van der Waals surface area contributed by atoms with Crippen LogP contribution in [0.5, 0.6) is 0 Å². The largest absolute Gasteiger partial charge is 0.481 e. The van der Waals surface area contributed by atoms with E-state index in [0.717, 1.165) is 0 Å². The van der Waals surface area contributed by atoms with Crippen LogP contribution in [0.15, 0.2) is 0 Å². The van der Waals surface area contributed by atoms with Gasteiger partial charge in [0.05, 0.1) is 5.92 Å². The zero-order valence-corrected chi connectivity index (χ0v) is 11.6. The SMILES string of the molecule is CCN(CC)C(=O)CN(C)C(=O)N1CC(C(=O)O)C1. The molecule has 108 valence electrons. The number of carboxylic acids is 1. The van der Waals surface area contributed by atoms with Crippen LogP contribution in [0, 0.1) is 5.92 Å². The van der Waals surface area contributed by atoms with Gasteiger partial charge < -0.3 is 19.8 Å². The molecule has 1 aliphatic rings. The lowest BCUT2D eigenvalue weighted by atomic mass is 10.0. The molecule has 7 nitrogen and oxygen atoms in total. The van der Waals surface area contributed by atoms with Gasteiger partial charge in [0.15, 0.2) is 0 Å². The summed E-state index contributed by atoms with van der Waals surface area (Å²) in [6.07, 6.45) is 0. The maximum Gasteiger partial charge on any atom is 0.320 e. The van der Waals surface area contributed by atoms with E-state index in [9.17, 15) is 14.4 Å². The second kappa shape index (κ2) is 6.40. The number of likely N-dealkylation sites (tertiary alicyclic amines) is 1. The van der Waals surface area contributed by atoms with E-state index in [1.54, 1.807) is 11.9 Å². The van der Waals surface area contributed by atoms with Crippen LogP contribution >= 0.6 is 0 Å². The van der Waals surface area contributed by atoms with Crippen molar-refractivity contribution in [1.29, 1.82) is 0 Å². The Kier molecular flexibility index (Phi) is 5.14. The summed E-state index contributed by atoms with van der Waals surface area (Å²) in [5.74, 6) is -1.46. The van der Waals surface area contributed by atoms with E-state index in [0.29, 0.717) is 13.1 Å². The van der Waals surface area contributed by atoms with Crippen molar-refractivity contribution in [3.63, 3.8) is 0 Å². The molecule has 0 saturated carbocycles. The molecule has 1 heterocycles. The van der Waals surface area contributed by atoms with Crippen molar-refractivity contribution < 1.29 is 19.5 Å². The lowest BCUT2D eigenvalue weighted by Gasteiger charge is -2.39. The van der Waals surface area contributed by atoms with Gasteiger partial charge in [-0.05, 0) is 13.8 Å². The highest BCUT2D eigenvalue weighted by molar-refractivity contribution is 5.85. The van der Waals surface area contributed by atoms with Crippen LogP contribution in [0.4, 0.5) is 4.79 Å². The molecule has 7 heteroatoms. The van der Waals surface area contributed by atoms with Crippen LogP contribution in [-0.2, 0) is 9.59 Å². The van der Waals surface area contributed by atoms with Crippen LogP contribution in [0.1, 0.15) is 13.8 Å². The Labute approximate surface area is 112 Å². The number of aliphatic carboxylic acids is 1. The first-order valence-corrected chi connectivity index (χ1v) is 6.41. The molecule has 0 unspecified atom stereocenters. The van der Waals surface area contributed by atoms with Gasteiger partial charge in [0.25, 0.3) is 0 Å². The van der Waals surface area contributed by atoms with E-state index in [1.165, 1.54) is 9.80 Å². The molecule has 0 bridgehead atoms. The smallest absolute Gasteiger partial charge is 0.320 e. The van der Waals surface area contributed by atoms with Crippen LogP contribution in [0.3, 0.4) is 0 Å². The number of nitrogens with zero attached hydrogens (tertiary/aromatic N) is 3. The fraction of sp³-hybridized carbons (Fsp3) is 0.750. The maximum atomic E-state index is 11.9. The van der Waals surface area contributed by atoms with Gasteiger partial charge in [0.2, 0.25) is 5.91 Å². The Morgan fingerprint density at radius 2 is 1.74 bits per heavy atom. The topological polar surface area (TPSA) is 81.2 Å². The highest BCUT2D eigenvalue weighted by Gasteiger charge is 2.37. The van der Waals surface area contributed by atoms with E-state index in [1.807, 2.05) is 13.8 Å². The molecule has 0 aromatic rings. The molecule has 0 atom stereocenters. The van der Waals surface area contributed by atoms with Gasteiger partial charge in [0.1, 0.15) is 6.54 Å². The summed E-state index contributed by atoms with van der Waals surface area (Å²) in [7, 11) is 1.55. The fourth-order valence-electron chi connectivity index (χ4n) is 1.98. The number of hydrogen-bond acceptors (Lipinski definition) is 3. The lowest BCUT2D eigenvalue weighted by Crippen LogP contribution is -2.57. The number of hydrogen-bond donors (Lipinski definition) is 1. The summed E-state index contributed by atoms with van der Waals surface area (Å²) in [6, 6.07) is -0.294. The number of rotatable bonds is 5. The first-order valence-electron chi connectivity index (χ1n) is 6.41. The first kappa shape index (κ1) is 15.3. The summed E-state index contributed by atoms with van der Waals surface area (Å²) < 4.78 is 0. The van der Waals surface area contributed by atoms with E-state index < -0.39 is 11.9 Å². The van der Waals surface area contributed by atoms with Crippen molar-refractivity contribution >= 4 is 17.9 Å². The van der Waals surface area contributed by atoms with Crippen molar-refractivity contribution in [3.05, 3.63) is 0 Å².